The summed E-state index contributed by atoms with van der Waals surface area (Å²) in [7, 11) is 1.98. The second kappa shape index (κ2) is 11.1. The molecule has 7 heteroatoms. The van der Waals surface area contributed by atoms with Gasteiger partial charge in [0.05, 0.1) is 7.05 Å². The van der Waals surface area contributed by atoms with Gasteiger partial charge in [-0.25, -0.2) is 0 Å². The number of nitrogens with one attached hydrogen (secondary N) is 3. The quantitative estimate of drug-likeness (QED) is 0.584. The van der Waals surface area contributed by atoms with Crippen molar-refractivity contribution in [2.45, 2.75) is 27.3 Å². The summed E-state index contributed by atoms with van der Waals surface area (Å²) in [6, 6.07) is 15.0. The third kappa shape index (κ3) is 7.33. The summed E-state index contributed by atoms with van der Waals surface area (Å²) in [6.45, 7) is 6.90. The number of amides is 3. The fourth-order valence-corrected chi connectivity index (χ4v) is 3.16. The molecular formula is C23H31N4O3+. The van der Waals surface area contributed by atoms with Crippen LogP contribution in [0.25, 0.3) is 0 Å². The zero-order valence-electron chi connectivity index (χ0n) is 18.1. The van der Waals surface area contributed by atoms with Crippen molar-refractivity contribution in [1.82, 2.24) is 4.90 Å². The number of hydrogen-bond donors (Lipinski definition) is 3. The summed E-state index contributed by atoms with van der Waals surface area (Å²) in [5.74, 6) is -0.466. The number of carbonyl (C=O) groups is 3. The molecule has 0 heterocycles. The fourth-order valence-electron chi connectivity index (χ4n) is 3.16. The SMILES string of the molecule is CCN(CC(=O)Nc1ccc(NC(C)=O)cc1)C(=O)C[NH+](C)Cc1ccccc1C. The number of quaternary nitrogens is 1. The topological polar surface area (TPSA) is 83.0 Å². The van der Waals surface area contributed by atoms with E-state index in [2.05, 4.69) is 29.7 Å². The summed E-state index contributed by atoms with van der Waals surface area (Å²) < 4.78 is 0. The first-order valence-corrected chi connectivity index (χ1v) is 10.1. The predicted molar refractivity (Wildman–Crippen MR) is 118 cm³/mol. The Labute approximate surface area is 178 Å². The molecular weight excluding hydrogens is 380 g/mol. The highest BCUT2D eigenvalue weighted by atomic mass is 16.2. The number of aryl methyl sites for hydroxylation is 1. The van der Waals surface area contributed by atoms with Crippen molar-refractivity contribution in [3.63, 3.8) is 0 Å². The largest absolute Gasteiger partial charge is 0.329 e. The van der Waals surface area contributed by atoms with E-state index >= 15 is 0 Å². The first-order valence-electron chi connectivity index (χ1n) is 10.1. The number of carbonyl (C=O) groups excluding carboxylic acids is 3. The van der Waals surface area contributed by atoms with Crippen molar-refractivity contribution in [3.05, 3.63) is 59.7 Å². The van der Waals surface area contributed by atoms with Crippen molar-refractivity contribution >= 4 is 29.1 Å². The summed E-state index contributed by atoms with van der Waals surface area (Å²) in [5.41, 5.74) is 3.69. The van der Waals surface area contributed by atoms with E-state index in [1.807, 2.05) is 26.1 Å². The van der Waals surface area contributed by atoms with Crippen molar-refractivity contribution < 1.29 is 19.3 Å². The zero-order valence-corrected chi connectivity index (χ0v) is 18.1. The van der Waals surface area contributed by atoms with Crippen LogP contribution in [-0.2, 0) is 20.9 Å². The minimum atomic E-state index is -0.256. The molecule has 0 aliphatic carbocycles. The lowest BCUT2D eigenvalue weighted by molar-refractivity contribution is -0.885. The van der Waals surface area contributed by atoms with Crippen LogP contribution in [0.1, 0.15) is 25.0 Å². The molecule has 2 rings (SSSR count). The van der Waals surface area contributed by atoms with E-state index in [4.69, 9.17) is 0 Å². The molecule has 3 N–H and O–H groups in total. The summed E-state index contributed by atoms with van der Waals surface area (Å²) >= 11 is 0. The second-order valence-corrected chi connectivity index (χ2v) is 7.45. The normalized spacial score (nSPS) is 11.5. The van der Waals surface area contributed by atoms with Gasteiger partial charge in [-0.2, -0.15) is 0 Å². The fraction of sp³-hybridized carbons (Fsp3) is 0.348. The third-order valence-corrected chi connectivity index (χ3v) is 4.76. The Balaban J connectivity index is 1.87. The van der Waals surface area contributed by atoms with Gasteiger partial charge in [-0.1, -0.05) is 24.3 Å². The van der Waals surface area contributed by atoms with E-state index in [-0.39, 0.29) is 24.3 Å². The van der Waals surface area contributed by atoms with Gasteiger partial charge in [0.25, 0.3) is 5.91 Å². The molecule has 0 aliphatic heterocycles. The molecule has 2 aromatic rings. The number of rotatable bonds is 9. The lowest BCUT2D eigenvalue weighted by Crippen LogP contribution is -3.09. The minimum absolute atomic E-state index is 0.000422. The zero-order chi connectivity index (χ0) is 22.1. The van der Waals surface area contributed by atoms with Crippen molar-refractivity contribution in [1.29, 1.82) is 0 Å². The molecule has 0 aliphatic rings. The molecule has 30 heavy (non-hydrogen) atoms. The van der Waals surface area contributed by atoms with E-state index in [0.717, 1.165) is 11.4 Å². The van der Waals surface area contributed by atoms with Crippen LogP contribution in [-0.4, -0.2) is 49.3 Å². The first-order chi connectivity index (χ1) is 14.3. The van der Waals surface area contributed by atoms with Gasteiger partial charge in [-0.15, -0.1) is 0 Å². The van der Waals surface area contributed by atoms with Gasteiger partial charge in [0.15, 0.2) is 6.54 Å². The molecule has 0 fully saturated rings. The van der Waals surface area contributed by atoms with Crippen molar-refractivity contribution in [2.75, 3.05) is 37.3 Å². The highest BCUT2D eigenvalue weighted by molar-refractivity contribution is 5.95. The molecule has 3 amide bonds. The summed E-state index contributed by atoms with van der Waals surface area (Å²) in [5, 5.41) is 5.46. The Bertz CT molecular complexity index is 880. The lowest BCUT2D eigenvalue weighted by Gasteiger charge is -2.22. The van der Waals surface area contributed by atoms with Gasteiger partial charge in [-0.05, 0) is 43.7 Å². The smallest absolute Gasteiger partial charge is 0.278 e. The van der Waals surface area contributed by atoms with E-state index in [9.17, 15) is 14.4 Å². The van der Waals surface area contributed by atoms with E-state index < -0.39 is 0 Å². The van der Waals surface area contributed by atoms with Gasteiger partial charge in [0.1, 0.15) is 13.1 Å². The second-order valence-electron chi connectivity index (χ2n) is 7.45. The standard InChI is InChI=1S/C23H30N4O3/c1-5-27(23(30)16-26(4)14-19-9-7-6-8-17(19)2)15-22(29)25-21-12-10-20(11-13-21)24-18(3)28/h6-13H,5,14-16H2,1-4H3,(H,24,28)(H,25,29)/p+1. The lowest BCUT2D eigenvalue weighted by atomic mass is 10.1. The molecule has 0 aromatic heterocycles. The van der Waals surface area contributed by atoms with Gasteiger partial charge in [-0.3, -0.25) is 14.4 Å². The Kier molecular flexibility index (Phi) is 8.55. The van der Waals surface area contributed by atoms with E-state index in [1.54, 1.807) is 29.2 Å². The Morgan fingerprint density at radius 1 is 0.967 bits per heavy atom. The first kappa shape index (κ1) is 23.1. The highest BCUT2D eigenvalue weighted by Crippen LogP contribution is 2.13. The van der Waals surface area contributed by atoms with Gasteiger partial charge in [0, 0.05) is 30.4 Å². The maximum absolute atomic E-state index is 12.7. The molecule has 0 bridgehead atoms. The van der Waals surface area contributed by atoms with Crippen LogP contribution in [0.3, 0.4) is 0 Å². The summed E-state index contributed by atoms with van der Waals surface area (Å²) in [6.07, 6.45) is 0. The van der Waals surface area contributed by atoms with Gasteiger partial charge in [0.2, 0.25) is 11.8 Å². The monoisotopic (exact) mass is 411 g/mol. The average Bonchev–Trinajstić information content (AvgIpc) is 2.69. The average molecular weight is 412 g/mol. The molecule has 0 radical (unpaired) electrons. The molecule has 0 saturated heterocycles. The van der Waals surface area contributed by atoms with Crippen LogP contribution in [0.4, 0.5) is 11.4 Å². The van der Waals surface area contributed by atoms with Crippen LogP contribution in [0, 0.1) is 6.92 Å². The molecule has 0 saturated carbocycles. The number of benzene rings is 2. The molecule has 7 nitrogen and oxygen atoms in total. The van der Waals surface area contributed by atoms with Gasteiger partial charge >= 0.3 is 0 Å². The molecule has 160 valence electrons. The molecule has 1 unspecified atom stereocenters. The number of anilines is 2. The van der Waals surface area contributed by atoms with Crippen LogP contribution < -0.4 is 15.5 Å². The van der Waals surface area contributed by atoms with E-state index in [0.29, 0.717) is 24.5 Å². The minimum Gasteiger partial charge on any atom is -0.329 e. The van der Waals surface area contributed by atoms with Crippen LogP contribution >= 0.6 is 0 Å². The number of likely N-dealkylation sites (N-methyl/N-ethyl adjacent to an activating group) is 2. The Morgan fingerprint density at radius 3 is 2.13 bits per heavy atom. The number of hydrogen-bond acceptors (Lipinski definition) is 3. The maximum Gasteiger partial charge on any atom is 0.278 e. The Hall–Kier alpha value is -3.19. The highest BCUT2D eigenvalue weighted by Gasteiger charge is 2.20. The van der Waals surface area contributed by atoms with Gasteiger partial charge < -0.3 is 20.4 Å². The third-order valence-electron chi connectivity index (χ3n) is 4.76. The molecule has 2 aromatic carbocycles. The van der Waals surface area contributed by atoms with Crippen LogP contribution in [0.5, 0.6) is 0 Å². The van der Waals surface area contributed by atoms with Crippen LogP contribution in [0.2, 0.25) is 0 Å². The van der Waals surface area contributed by atoms with E-state index in [1.165, 1.54) is 18.1 Å². The molecule has 0 spiro atoms. The molecule has 1 atom stereocenters. The van der Waals surface area contributed by atoms with Crippen molar-refractivity contribution in [2.24, 2.45) is 0 Å². The number of nitrogens with zero attached hydrogens (tertiary/aromatic N) is 1. The predicted octanol–water partition coefficient (Wildman–Crippen LogP) is 1.46. The summed E-state index contributed by atoms with van der Waals surface area (Å²) in [4.78, 5) is 38.8. The Morgan fingerprint density at radius 2 is 1.57 bits per heavy atom. The van der Waals surface area contributed by atoms with Crippen LogP contribution in [0.15, 0.2) is 48.5 Å². The maximum atomic E-state index is 12.7. The van der Waals surface area contributed by atoms with Crippen molar-refractivity contribution in [3.8, 4) is 0 Å².